The van der Waals surface area contributed by atoms with Gasteiger partial charge >= 0.3 is 5.97 Å². The minimum Gasteiger partial charge on any atom is -0.481 e. The molecule has 0 saturated heterocycles. The highest BCUT2D eigenvalue weighted by Gasteiger charge is 2.45. The van der Waals surface area contributed by atoms with E-state index in [1.165, 1.54) is 0 Å². The number of aliphatic carboxylic acids is 1. The lowest BCUT2D eigenvalue weighted by Gasteiger charge is -2.24. The first-order valence-electron chi connectivity index (χ1n) is 6.06. The number of benzene rings is 1. The van der Waals surface area contributed by atoms with Crippen LogP contribution in [0, 0.1) is 0 Å². The van der Waals surface area contributed by atoms with E-state index in [-0.39, 0.29) is 0 Å². The average Bonchev–Trinajstić information content (AvgIpc) is 2.99. The molecule has 3 nitrogen and oxygen atoms in total. The Morgan fingerprint density at radius 3 is 2.83 bits per heavy atom. The Hall–Kier alpha value is -2.03. The molecule has 0 bridgehead atoms. The number of carboxylic acids is 1. The maximum absolute atomic E-state index is 11.8. The number of carboxylic acid groups (broad SMARTS) is 1. The summed E-state index contributed by atoms with van der Waals surface area (Å²) in [6, 6.07) is 11.5. The predicted octanol–water partition coefficient (Wildman–Crippen LogP) is 2.79. The molecule has 2 aromatic rings. The Kier molecular flexibility index (Phi) is 2.47. The van der Waals surface area contributed by atoms with Crippen LogP contribution in [-0.4, -0.2) is 11.1 Å². The highest BCUT2D eigenvalue weighted by molar-refractivity contribution is 5.83. The molecule has 0 spiro atoms. The van der Waals surface area contributed by atoms with E-state index in [0.717, 1.165) is 23.3 Å². The molecule has 0 aliphatic heterocycles. The number of rotatable bonds is 3. The van der Waals surface area contributed by atoms with Crippen molar-refractivity contribution in [2.75, 3.05) is 0 Å². The highest BCUT2D eigenvalue weighted by Crippen LogP contribution is 2.41. The first-order chi connectivity index (χ1) is 8.72. The van der Waals surface area contributed by atoms with Gasteiger partial charge in [0.05, 0.1) is 6.26 Å². The fourth-order valence-electron chi connectivity index (χ4n) is 2.88. The molecule has 92 valence electrons. The van der Waals surface area contributed by atoms with Crippen molar-refractivity contribution in [1.29, 1.82) is 0 Å². The predicted molar refractivity (Wildman–Crippen MR) is 66.5 cm³/mol. The number of carbonyl (C=O) groups is 1. The molecule has 1 N–H and O–H groups in total. The van der Waals surface area contributed by atoms with Crippen molar-refractivity contribution in [3.63, 3.8) is 0 Å². The highest BCUT2D eigenvalue weighted by atomic mass is 16.4. The summed E-state index contributed by atoms with van der Waals surface area (Å²) >= 11 is 0. The first kappa shape index (κ1) is 11.1. The van der Waals surface area contributed by atoms with Crippen molar-refractivity contribution >= 4 is 5.97 Å². The Morgan fingerprint density at radius 2 is 2.11 bits per heavy atom. The van der Waals surface area contributed by atoms with Gasteiger partial charge in [-0.3, -0.25) is 4.79 Å². The van der Waals surface area contributed by atoms with Crippen LogP contribution in [0.2, 0.25) is 0 Å². The molecule has 0 radical (unpaired) electrons. The molecule has 1 aliphatic rings. The number of hydrogen-bond donors (Lipinski definition) is 1. The van der Waals surface area contributed by atoms with Crippen molar-refractivity contribution in [3.05, 3.63) is 59.5 Å². The number of furan rings is 1. The quantitative estimate of drug-likeness (QED) is 0.900. The molecule has 1 unspecified atom stereocenters. The third-order valence-electron chi connectivity index (χ3n) is 3.82. The summed E-state index contributed by atoms with van der Waals surface area (Å²) in [5.41, 5.74) is 1.26. The molecule has 3 rings (SSSR count). The molecule has 1 aromatic heterocycles. The number of fused-ring (bicyclic) bond motifs is 1. The molecule has 1 heterocycles. The molecule has 1 aromatic carbocycles. The first-order valence-corrected chi connectivity index (χ1v) is 6.06. The third kappa shape index (κ3) is 1.55. The standard InChI is InChI=1S/C15H14O3/c16-14(17)15(10-12-5-3-9-18-12)8-7-11-4-1-2-6-13(11)15/h1-6,9H,7-8,10H2,(H,16,17). The Morgan fingerprint density at radius 1 is 1.28 bits per heavy atom. The van der Waals surface area contributed by atoms with Gasteiger partial charge in [0.25, 0.3) is 0 Å². The van der Waals surface area contributed by atoms with Crippen LogP contribution in [0.4, 0.5) is 0 Å². The van der Waals surface area contributed by atoms with E-state index in [1.54, 1.807) is 12.3 Å². The lowest BCUT2D eigenvalue weighted by Crippen LogP contribution is -2.35. The van der Waals surface area contributed by atoms with Gasteiger partial charge in [-0.15, -0.1) is 0 Å². The molecule has 3 heteroatoms. The zero-order chi connectivity index (χ0) is 12.6. The van der Waals surface area contributed by atoms with Gasteiger partial charge in [0.2, 0.25) is 0 Å². The van der Waals surface area contributed by atoms with E-state index in [1.807, 2.05) is 30.3 Å². The second-order valence-electron chi connectivity index (χ2n) is 4.80. The fraction of sp³-hybridized carbons (Fsp3) is 0.267. The molecule has 18 heavy (non-hydrogen) atoms. The summed E-state index contributed by atoms with van der Waals surface area (Å²) in [6.07, 6.45) is 3.48. The summed E-state index contributed by atoms with van der Waals surface area (Å²) in [4.78, 5) is 11.8. The van der Waals surface area contributed by atoms with Crippen LogP contribution in [0.5, 0.6) is 0 Å². The molecule has 0 saturated carbocycles. The molecule has 0 fully saturated rings. The molecule has 0 amide bonds. The summed E-state index contributed by atoms with van der Waals surface area (Å²) in [6.45, 7) is 0. The Labute approximate surface area is 105 Å². The maximum atomic E-state index is 11.8. The van der Waals surface area contributed by atoms with E-state index >= 15 is 0 Å². The monoisotopic (exact) mass is 242 g/mol. The lowest BCUT2D eigenvalue weighted by atomic mass is 9.78. The van der Waals surface area contributed by atoms with E-state index in [4.69, 9.17) is 4.42 Å². The van der Waals surface area contributed by atoms with Gasteiger partial charge in [-0.2, -0.15) is 0 Å². The minimum atomic E-state index is -0.825. The molecular formula is C15H14O3. The van der Waals surface area contributed by atoms with Gasteiger partial charge in [0.1, 0.15) is 11.2 Å². The summed E-state index contributed by atoms with van der Waals surface area (Å²) < 4.78 is 5.32. The van der Waals surface area contributed by atoms with Crippen LogP contribution >= 0.6 is 0 Å². The molecular weight excluding hydrogens is 228 g/mol. The Bertz CT molecular complexity index is 571. The smallest absolute Gasteiger partial charge is 0.314 e. The van der Waals surface area contributed by atoms with Gasteiger partial charge < -0.3 is 9.52 Å². The van der Waals surface area contributed by atoms with E-state index in [0.29, 0.717) is 12.8 Å². The van der Waals surface area contributed by atoms with E-state index < -0.39 is 11.4 Å². The van der Waals surface area contributed by atoms with E-state index in [9.17, 15) is 9.90 Å². The van der Waals surface area contributed by atoms with Crippen molar-refractivity contribution in [1.82, 2.24) is 0 Å². The summed E-state index contributed by atoms with van der Waals surface area (Å²) in [7, 11) is 0. The average molecular weight is 242 g/mol. The molecule has 1 aliphatic carbocycles. The second kappa shape index (κ2) is 4.02. The van der Waals surface area contributed by atoms with Crippen LogP contribution < -0.4 is 0 Å². The van der Waals surface area contributed by atoms with Gasteiger partial charge in [0, 0.05) is 6.42 Å². The topological polar surface area (TPSA) is 50.4 Å². The van der Waals surface area contributed by atoms with Crippen molar-refractivity contribution in [3.8, 4) is 0 Å². The lowest BCUT2D eigenvalue weighted by molar-refractivity contribution is -0.144. The summed E-state index contributed by atoms with van der Waals surface area (Å²) in [5, 5.41) is 9.67. The van der Waals surface area contributed by atoms with Gasteiger partial charge in [-0.25, -0.2) is 0 Å². The van der Waals surface area contributed by atoms with Crippen LogP contribution in [0.1, 0.15) is 23.3 Å². The van der Waals surface area contributed by atoms with Crippen LogP contribution in [0.15, 0.2) is 47.1 Å². The van der Waals surface area contributed by atoms with Crippen molar-refractivity contribution < 1.29 is 14.3 Å². The van der Waals surface area contributed by atoms with Crippen molar-refractivity contribution in [2.45, 2.75) is 24.7 Å². The summed E-state index contributed by atoms with van der Waals surface area (Å²) in [5.74, 6) is -0.0297. The normalized spacial score (nSPS) is 21.8. The van der Waals surface area contributed by atoms with Gasteiger partial charge in [0.15, 0.2) is 0 Å². The van der Waals surface area contributed by atoms with Crippen LogP contribution in [0.3, 0.4) is 0 Å². The van der Waals surface area contributed by atoms with Gasteiger partial charge in [-0.1, -0.05) is 24.3 Å². The molecule has 1 atom stereocenters. The fourth-order valence-corrected chi connectivity index (χ4v) is 2.88. The van der Waals surface area contributed by atoms with Gasteiger partial charge in [-0.05, 0) is 36.1 Å². The zero-order valence-corrected chi connectivity index (χ0v) is 9.93. The van der Waals surface area contributed by atoms with Crippen LogP contribution in [-0.2, 0) is 23.1 Å². The zero-order valence-electron chi connectivity index (χ0n) is 9.93. The van der Waals surface area contributed by atoms with Crippen LogP contribution in [0.25, 0.3) is 0 Å². The number of hydrogen-bond acceptors (Lipinski definition) is 2. The third-order valence-corrected chi connectivity index (χ3v) is 3.82. The number of aryl methyl sites for hydroxylation is 1. The Balaban J connectivity index is 2.07. The van der Waals surface area contributed by atoms with Crippen molar-refractivity contribution in [2.24, 2.45) is 0 Å². The minimum absolute atomic E-state index is 0.423. The largest absolute Gasteiger partial charge is 0.481 e. The van der Waals surface area contributed by atoms with E-state index in [2.05, 4.69) is 0 Å². The second-order valence-corrected chi connectivity index (χ2v) is 4.80. The maximum Gasteiger partial charge on any atom is 0.314 e. The SMILES string of the molecule is O=C(O)C1(Cc2ccco2)CCc2ccccc21.